The maximum absolute atomic E-state index is 5.33. The average Bonchev–Trinajstić information content (AvgIpc) is 2.34. The van der Waals surface area contributed by atoms with Gasteiger partial charge < -0.3 is 10.1 Å². The van der Waals surface area contributed by atoms with Crippen LogP contribution in [0.25, 0.3) is 0 Å². The van der Waals surface area contributed by atoms with E-state index >= 15 is 0 Å². The quantitative estimate of drug-likeness (QED) is 0.748. The number of nitrogens with one attached hydrogen (secondary N) is 1. The number of hydrogen-bond acceptors (Lipinski definition) is 2. The van der Waals surface area contributed by atoms with Crippen molar-refractivity contribution in [2.75, 3.05) is 19.0 Å². The van der Waals surface area contributed by atoms with Crippen LogP contribution in [-0.2, 0) is 0 Å². The molecule has 0 unspecified atom stereocenters. The lowest BCUT2D eigenvalue weighted by Gasteiger charge is -2.25. The minimum absolute atomic E-state index is 0.234. The van der Waals surface area contributed by atoms with Crippen molar-refractivity contribution in [2.45, 2.75) is 34.1 Å². The minimum Gasteiger partial charge on any atom is -0.495 e. The molecule has 0 spiro atoms. The molecule has 0 aliphatic rings. The van der Waals surface area contributed by atoms with Crippen LogP contribution >= 0.6 is 0 Å². The highest BCUT2D eigenvalue weighted by Gasteiger charge is 2.16. The molecule has 0 saturated heterocycles. The SMILES string of the molecule is COc1ccccc1NCC(C)(C)CC=C(C)C. The third-order valence-electron chi connectivity index (χ3n) is 2.93. The predicted molar refractivity (Wildman–Crippen MR) is 79.3 cm³/mol. The molecule has 0 atom stereocenters. The highest BCUT2D eigenvalue weighted by molar-refractivity contribution is 5.56. The van der Waals surface area contributed by atoms with Gasteiger partial charge in [0.25, 0.3) is 0 Å². The van der Waals surface area contributed by atoms with Crippen LogP contribution in [0.3, 0.4) is 0 Å². The normalized spacial score (nSPS) is 10.9. The summed E-state index contributed by atoms with van der Waals surface area (Å²) in [5.74, 6) is 0.899. The molecule has 1 N–H and O–H groups in total. The Morgan fingerprint density at radius 3 is 2.56 bits per heavy atom. The molecule has 0 heterocycles. The molecule has 0 aliphatic carbocycles. The van der Waals surface area contributed by atoms with Crippen LogP contribution in [0.5, 0.6) is 5.75 Å². The highest BCUT2D eigenvalue weighted by atomic mass is 16.5. The van der Waals surface area contributed by atoms with Gasteiger partial charge in [-0.25, -0.2) is 0 Å². The molecule has 2 nitrogen and oxygen atoms in total. The zero-order valence-electron chi connectivity index (χ0n) is 12.2. The second-order valence-corrected chi connectivity index (χ2v) is 5.70. The molecule has 0 saturated carbocycles. The largest absolute Gasteiger partial charge is 0.495 e. The fourth-order valence-corrected chi connectivity index (χ4v) is 1.68. The van der Waals surface area contributed by atoms with Crippen molar-refractivity contribution in [3.8, 4) is 5.75 Å². The van der Waals surface area contributed by atoms with Gasteiger partial charge in [0.15, 0.2) is 0 Å². The molecule has 0 aliphatic heterocycles. The van der Waals surface area contributed by atoms with Crippen molar-refractivity contribution < 1.29 is 4.74 Å². The zero-order chi connectivity index (χ0) is 13.6. The molecule has 1 rings (SSSR count). The first-order chi connectivity index (χ1) is 8.44. The Kier molecular flexibility index (Phi) is 5.26. The molecule has 0 amide bonds. The van der Waals surface area contributed by atoms with Crippen molar-refractivity contribution in [3.63, 3.8) is 0 Å². The smallest absolute Gasteiger partial charge is 0.141 e. The van der Waals surface area contributed by atoms with Crippen LogP contribution in [0, 0.1) is 5.41 Å². The lowest BCUT2D eigenvalue weighted by Crippen LogP contribution is -2.22. The fraction of sp³-hybridized carbons (Fsp3) is 0.500. The van der Waals surface area contributed by atoms with E-state index in [1.165, 1.54) is 5.57 Å². The number of rotatable bonds is 6. The van der Waals surface area contributed by atoms with Gasteiger partial charge in [0.2, 0.25) is 0 Å². The molecular formula is C16H25NO. The number of para-hydroxylation sites is 2. The van der Waals surface area contributed by atoms with Gasteiger partial charge in [-0.2, -0.15) is 0 Å². The summed E-state index contributed by atoms with van der Waals surface area (Å²) in [6.07, 6.45) is 3.38. The molecule has 100 valence electrons. The molecular weight excluding hydrogens is 222 g/mol. The molecule has 0 bridgehead atoms. The molecule has 1 aromatic rings. The summed E-state index contributed by atoms with van der Waals surface area (Å²) in [6, 6.07) is 8.04. The predicted octanol–water partition coefficient (Wildman–Crippen LogP) is 4.49. The van der Waals surface area contributed by atoms with Crippen molar-refractivity contribution in [2.24, 2.45) is 5.41 Å². The van der Waals surface area contributed by atoms with E-state index in [2.05, 4.69) is 45.2 Å². The summed E-state index contributed by atoms with van der Waals surface area (Å²) in [4.78, 5) is 0. The van der Waals surface area contributed by atoms with Gasteiger partial charge in [-0.1, -0.05) is 37.6 Å². The number of allylic oxidation sites excluding steroid dienone is 2. The van der Waals surface area contributed by atoms with Gasteiger partial charge in [0.1, 0.15) is 5.75 Å². The second-order valence-electron chi connectivity index (χ2n) is 5.70. The third kappa shape index (κ3) is 4.82. The topological polar surface area (TPSA) is 21.3 Å². The Labute approximate surface area is 111 Å². The first kappa shape index (κ1) is 14.6. The van der Waals surface area contributed by atoms with Crippen LogP contribution in [0.15, 0.2) is 35.9 Å². The Morgan fingerprint density at radius 2 is 1.94 bits per heavy atom. The molecule has 1 aromatic carbocycles. The van der Waals surface area contributed by atoms with E-state index in [9.17, 15) is 0 Å². The first-order valence-electron chi connectivity index (χ1n) is 6.45. The van der Waals surface area contributed by atoms with Crippen LogP contribution in [-0.4, -0.2) is 13.7 Å². The van der Waals surface area contributed by atoms with Crippen molar-refractivity contribution in [3.05, 3.63) is 35.9 Å². The van der Waals surface area contributed by atoms with E-state index in [0.717, 1.165) is 24.4 Å². The van der Waals surface area contributed by atoms with E-state index in [1.54, 1.807) is 7.11 Å². The Morgan fingerprint density at radius 1 is 1.28 bits per heavy atom. The van der Waals surface area contributed by atoms with E-state index < -0.39 is 0 Å². The zero-order valence-corrected chi connectivity index (χ0v) is 12.2. The van der Waals surface area contributed by atoms with Gasteiger partial charge in [-0.05, 0) is 37.8 Å². The number of ether oxygens (including phenoxy) is 1. The van der Waals surface area contributed by atoms with E-state index in [1.807, 2.05) is 18.2 Å². The van der Waals surface area contributed by atoms with Gasteiger partial charge in [-0.15, -0.1) is 0 Å². The van der Waals surface area contributed by atoms with E-state index in [-0.39, 0.29) is 5.41 Å². The second kappa shape index (κ2) is 6.48. The third-order valence-corrected chi connectivity index (χ3v) is 2.93. The van der Waals surface area contributed by atoms with Gasteiger partial charge in [0.05, 0.1) is 12.8 Å². The summed E-state index contributed by atoms with van der Waals surface area (Å²) in [6.45, 7) is 9.76. The summed E-state index contributed by atoms with van der Waals surface area (Å²) < 4.78 is 5.33. The molecule has 0 radical (unpaired) electrons. The van der Waals surface area contributed by atoms with Crippen LogP contribution in [0.2, 0.25) is 0 Å². The number of benzene rings is 1. The van der Waals surface area contributed by atoms with E-state index in [4.69, 9.17) is 4.74 Å². The summed E-state index contributed by atoms with van der Waals surface area (Å²) in [7, 11) is 1.70. The number of hydrogen-bond donors (Lipinski definition) is 1. The summed E-state index contributed by atoms with van der Waals surface area (Å²) in [5.41, 5.74) is 2.67. The standard InChI is InChI=1S/C16H25NO/c1-13(2)10-11-16(3,4)12-17-14-8-6-7-9-15(14)18-5/h6-10,17H,11-12H2,1-5H3. The monoisotopic (exact) mass is 247 g/mol. The summed E-state index contributed by atoms with van der Waals surface area (Å²) in [5, 5.41) is 3.47. The van der Waals surface area contributed by atoms with Crippen molar-refractivity contribution >= 4 is 5.69 Å². The molecule has 18 heavy (non-hydrogen) atoms. The van der Waals surface area contributed by atoms with Gasteiger partial charge >= 0.3 is 0 Å². The fourth-order valence-electron chi connectivity index (χ4n) is 1.68. The lowest BCUT2D eigenvalue weighted by molar-refractivity contribution is 0.392. The van der Waals surface area contributed by atoms with Gasteiger partial charge in [0, 0.05) is 6.54 Å². The Balaban J connectivity index is 2.61. The van der Waals surface area contributed by atoms with Crippen LogP contribution in [0.4, 0.5) is 5.69 Å². The maximum Gasteiger partial charge on any atom is 0.141 e. The highest BCUT2D eigenvalue weighted by Crippen LogP contribution is 2.27. The molecule has 0 aromatic heterocycles. The first-order valence-corrected chi connectivity index (χ1v) is 6.45. The number of methoxy groups -OCH3 is 1. The maximum atomic E-state index is 5.33. The molecule has 2 heteroatoms. The average molecular weight is 247 g/mol. The van der Waals surface area contributed by atoms with Gasteiger partial charge in [-0.3, -0.25) is 0 Å². The Bertz CT molecular complexity index is 403. The number of anilines is 1. The van der Waals surface area contributed by atoms with Crippen molar-refractivity contribution in [1.82, 2.24) is 0 Å². The van der Waals surface area contributed by atoms with E-state index in [0.29, 0.717) is 0 Å². The summed E-state index contributed by atoms with van der Waals surface area (Å²) >= 11 is 0. The lowest BCUT2D eigenvalue weighted by atomic mass is 9.88. The van der Waals surface area contributed by atoms with Crippen molar-refractivity contribution in [1.29, 1.82) is 0 Å². The minimum atomic E-state index is 0.234. The Hall–Kier alpha value is -1.44. The molecule has 0 fully saturated rings. The van der Waals surface area contributed by atoms with Crippen LogP contribution < -0.4 is 10.1 Å². The van der Waals surface area contributed by atoms with Crippen LogP contribution in [0.1, 0.15) is 34.1 Å².